The molecule has 0 spiro atoms. The molecule has 1 aliphatic heterocycles. The van der Waals surface area contributed by atoms with Crippen LogP contribution in [0.3, 0.4) is 0 Å². The maximum atomic E-state index is 14.1. The predicted octanol–water partition coefficient (Wildman–Crippen LogP) is 4.08. The van der Waals surface area contributed by atoms with E-state index >= 15 is 0 Å². The zero-order chi connectivity index (χ0) is 33.4. The van der Waals surface area contributed by atoms with E-state index in [-0.39, 0.29) is 40.9 Å². The number of nitrogens with two attached hydrogens (primary N) is 2. The molecular weight excluding hydrogens is 618 g/mol. The molecule has 0 bridgehead atoms. The number of benzene rings is 2. The molecule has 45 heavy (non-hydrogen) atoms. The molecule has 1 saturated heterocycles. The van der Waals surface area contributed by atoms with Crippen LogP contribution in [0.15, 0.2) is 47.0 Å². The van der Waals surface area contributed by atoms with E-state index < -0.39 is 27.1 Å². The first-order valence-corrected chi connectivity index (χ1v) is 16.2. The van der Waals surface area contributed by atoms with Gasteiger partial charge in [0.25, 0.3) is 0 Å². The second-order valence-corrected chi connectivity index (χ2v) is 13.9. The molecule has 13 heteroatoms. The van der Waals surface area contributed by atoms with E-state index in [2.05, 4.69) is 5.32 Å². The van der Waals surface area contributed by atoms with Crippen molar-refractivity contribution in [2.75, 3.05) is 26.2 Å². The summed E-state index contributed by atoms with van der Waals surface area (Å²) in [6.45, 7) is 16.3. The predicted molar refractivity (Wildman–Crippen MR) is 179 cm³/mol. The number of nitrogen functional groups attached to an aromatic ring is 1. The number of nitrogens with one attached hydrogen (secondary N) is 2. The summed E-state index contributed by atoms with van der Waals surface area (Å²) in [4.78, 5) is 25.2. The molecule has 7 N–H and O–H groups in total. The maximum absolute atomic E-state index is 14.1. The van der Waals surface area contributed by atoms with Gasteiger partial charge in [0.1, 0.15) is 17.5 Å². The van der Waals surface area contributed by atoms with Crippen LogP contribution in [0.1, 0.15) is 94.0 Å². The molecule has 250 valence electrons. The molecule has 0 saturated carbocycles. The van der Waals surface area contributed by atoms with E-state index in [1.165, 1.54) is 6.07 Å². The fourth-order valence-corrected chi connectivity index (χ4v) is 6.98. The number of rotatable bonds is 11. The summed E-state index contributed by atoms with van der Waals surface area (Å²) in [5, 5.41) is 22.4. The van der Waals surface area contributed by atoms with Gasteiger partial charge in [0, 0.05) is 25.1 Å². The largest absolute Gasteiger partial charge is 0.479 e. The summed E-state index contributed by atoms with van der Waals surface area (Å²) in [6, 6.07) is 9.98. The molecule has 0 aliphatic carbocycles. The van der Waals surface area contributed by atoms with Gasteiger partial charge in [-0.2, -0.15) is 5.06 Å². The number of carboxylic acids is 1. The molecule has 0 amide bonds. The number of carbonyl (C=O) groups excluding carboxylic acids is 1. The second-order valence-electron chi connectivity index (χ2n) is 11.8. The van der Waals surface area contributed by atoms with Crippen LogP contribution in [-0.4, -0.2) is 67.4 Å². The van der Waals surface area contributed by atoms with E-state index in [0.29, 0.717) is 41.1 Å². The number of piperazine rings is 1. The lowest BCUT2D eigenvalue weighted by molar-refractivity contribution is -0.153. The Bertz CT molecular complexity index is 1470. The number of hydroxylamine groups is 2. The van der Waals surface area contributed by atoms with Gasteiger partial charge in [-0.05, 0) is 53.0 Å². The number of aliphatic carboxylic acids is 1. The minimum absolute atomic E-state index is 0. The Labute approximate surface area is 273 Å². The van der Waals surface area contributed by atoms with Gasteiger partial charge in [0.05, 0.1) is 18.0 Å². The van der Waals surface area contributed by atoms with Crippen LogP contribution in [-0.2, 0) is 30.7 Å². The summed E-state index contributed by atoms with van der Waals surface area (Å²) < 4.78 is 28.2. The van der Waals surface area contributed by atoms with Gasteiger partial charge in [-0.25, -0.2) is 18.0 Å². The fraction of sp³-hybridized carbons (Fsp3) is 0.500. The van der Waals surface area contributed by atoms with Crippen LogP contribution in [0.25, 0.3) is 0 Å². The van der Waals surface area contributed by atoms with Gasteiger partial charge in [0.2, 0.25) is 14.7 Å². The summed E-state index contributed by atoms with van der Waals surface area (Å²) in [7, 11) is -4.53. The Hall–Kier alpha value is -3.25. The summed E-state index contributed by atoms with van der Waals surface area (Å²) in [6.07, 6.45) is -0.465. The van der Waals surface area contributed by atoms with Gasteiger partial charge in [-0.15, -0.1) is 12.4 Å². The molecule has 0 aromatic heterocycles. The highest BCUT2D eigenvalue weighted by Crippen LogP contribution is 2.39. The number of halogens is 1. The average Bonchev–Trinajstić information content (AvgIpc) is 2.96. The Balaban J connectivity index is 0.000000710. The average molecular weight is 666 g/mol. The van der Waals surface area contributed by atoms with Crippen LogP contribution in [0, 0.1) is 5.41 Å². The summed E-state index contributed by atoms with van der Waals surface area (Å²) >= 11 is 0. The van der Waals surface area contributed by atoms with Crippen molar-refractivity contribution in [3.63, 3.8) is 0 Å². The van der Waals surface area contributed by atoms with Crippen molar-refractivity contribution in [2.45, 2.75) is 82.4 Å². The van der Waals surface area contributed by atoms with Crippen LogP contribution >= 0.6 is 12.4 Å². The first-order chi connectivity index (χ1) is 20.5. The Morgan fingerprint density at radius 1 is 1.11 bits per heavy atom. The number of hydrogen-bond acceptors (Lipinski definition) is 9. The smallest absolute Gasteiger partial charge is 0.340 e. The Morgan fingerprint density at radius 2 is 1.69 bits per heavy atom. The Morgan fingerprint density at radius 3 is 2.13 bits per heavy atom. The van der Waals surface area contributed by atoms with Crippen molar-refractivity contribution in [3.8, 4) is 0 Å². The molecule has 3 rings (SSSR count). The summed E-state index contributed by atoms with van der Waals surface area (Å²) in [5.41, 5.74) is 15.3. The molecule has 1 fully saturated rings. The normalized spacial score (nSPS) is 15.0. The summed E-state index contributed by atoms with van der Waals surface area (Å²) in [5.74, 6) is -0.158. The highest BCUT2D eigenvalue weighted by atomic mass is 35.5. The van der Waals surface area contributed by atoms with E-state index in [4.69, 9.17) is 21.7 Å². The van der Waals surface area contributed by atoms with E-state index in [0.717, 1.165) is 18.7 Å². The number of nitrogens with zero attached hydrogens (tertiary/aromatic N) is 1. The number of carboxylic acid groups (broad SMARTS) is 1. The van der Waals surface area contributed by atoms with Gasteiger partial charge < -0.3 is 21.9 Å². The van der Waals surface area contributed by atoms with Gasteiger partial charge >= 0.3 is 5.97 Å². The molecule has 2 aromatic rings. The minimum atomic E-state index is -4.53. The molecule has 1 atom stereocenters. The van der Waals surface area contributed by atoms with Crippen LogP contribution in [0.2, 0.25) is 0 Å². The van der Waals surface area contributed by atoms with Crippen molar-refractivity contribution in [3.05, 3.63) is 69.9 Å². The minimum Gasteiger partial charge on any atom is -0.479 e. The first kappa shape index (κ1) is 39.8. The lowest BCUT2D eigenvalue weighted by Gasteiger charge is -2.30. The van der Waals surface area contributed by atoms with Crippen molar-refractivity contribution < 1.29 is 28.0 Å². The van der Waals surface area contributed by atoms with Gasteiger partial charge in [-0.1, -0.05) is 71.9 Å². The number of hydrogen-bond donors (Lipinski definition) is 5. The van der Waals surface area contributed by atoms with Crippen molar-refractivity contribution in [1.29, 1.82) is 5.41 Å². The highest BCUT2D eigenvalue weighted by molar-refractivity contribution is 7.93. The first-order valence-electron chi connectivity index (χ1n) is 14.7. The van der Waals surface area contributed by atoms with Gasteiger partial charge in [-0.3, -0.25) is 10.2 Å². The highest BCUT2D eigenvalue weighted by Gasteiger charge is 2.50. The van der Waals surface area contributed by atoms with Crippen LogP contribution in [0.4, 0.5) is 0 Å². The van der Waals surface area contributed by atoms with Crippen molar-refractivity contribution >= 4 is 40.0 Å². The number of amidine groups is 1. The zero-order valence-electron chi connectivity index (χ0n) is 27.1. The molecule has 2 aromatic carbocycles. The van der Waals surface area contributed by atoms with E-state index in [1.54, 1.807) is 23.3 Å². The van der Waals surface area contributed by atoms with E-state index in [1.807, 2.05) is 66.5 Å². The molecular formula is C32H48ClN5O6S. The molecule has 0 radical (unpaired) electrons. The number of sulfone groups is 1. The fourth-order valence-electron chi connectivity index (χ4n) is 4.82. The monoisotopic (exact) mass is 665 g/mol. The standard InChI is InChI=1S/C25H35N3O4S.C7H12N2O2.ClH/c1-14(2)19-11-20(15(3)4)22(21(12-19)16(5)6)33(31,32)25(28,24(29)30)13-17-8-7-9-18(10-17)23(26)27;1-2-11-9-4-3-8-7(5-9)6-10;/h7-12,14-16H,13,28H2,1-6H3,(H3,26,27)(H,29,30);8H,2-5H2,1H3;1H. The van der Waals surface area contributed by atoms with Gasteiger partial charge in [0.15, 0.2) is 0 Å². The quantitative estimate of drug-likeness (QED) is 0.133. The molecule has 1 heterocycles. The third-order valence-corrected chi connectivity index (χ3v) is 9.65. The second kappa shape index (κ2) is 16.9. The van der Waals surface area contributed by atoms with E-state index in [9.17, 15) is 23.1 Å². The number of carbonyl (C=O) groups is 1. The third-order valence-electron chi connectivity index (χ3n) is 7.36. The zero-order valence-corrected chi connectivity index (χ0v) is 28.8. The molecule has 1 aliphatic rings. The lowest BCUT2D eigenvalue weighted by Crippen LogP contribution is -2.56. The Kier molecular flexibility index (Phi) is 14.9. The molecule has 11 nitrogen and oxygen atoms in total. The third kappa shape index (κ3) is 9.62. The molecule has 1 unspecified atom stereocenters. The maximum Gasteiger partial charge on any atom is 0.340 e. The topological polar surface area (TPSA) is 189 Å². The SMILES string of the molecule is CC(C)c1cc(C(C)C)c(S(=O)(=O)C(N)(Cc2cccc(C(=N)N)c2)C(=O)O)c(C(C)C)c1.CCON1CCNC(=C=O)C1.Cl. The van der Waals surface area contributed by atoms with Crippen LogP contribution in [0.5, 0.6) is 0 Å². The lowest BCUT2D eigenvalue weighted by atomic mass is 9.89. The van der Waals surface area contributed by atoms with Crippen molar-refractivity contribution in [2.24, 2.45) is 11.5 Å². The van der Waals surface area contributed by atoms with Crippen LogP contribution < -0.4 is 16.8 Å². The van der Waals surface area contributed by atoms with Crippen molar-refractivity contribution in [1.82, 2.24) is 10.4 Å².